The van der Waals surface area contributed by atoms with Crippen molar-refractivity contribution in [2.75, 3.05) is 5.32 Å². The molecule has 2 heterocycles. The van der Waals surface area contributed by atoms with Crippen molar-refractivity contribution in [1.29, 1.82) is 0 Å². The number of hydrogen-bond acceptors (Lipinski definition) is 6. The van der Waals surface area contributed by atoms with Gasteiger partial charge in [-0.1, -0.05) is 41.7 Å². The number of aromatic nitrogens is 2. The molecule has 1 aromatic carbocycles. The van der Waals surface area contributed by atoms with Crippen LogP contribution in [0.4, 0.5) is 5.13 Å². The van der Waals surface area contributed by atoms with Gasteiger partial charge in [0.15, 0.2) is 10.9 Å². The smallest absolute Gasteiger partial charge is 0.259 e. The van der Waals surface area contributed by atoms with Crippen LogP contribution in [0.5, 0.6) is 0 Å². The molecule has 1 aliphatic rings. The van der Waals surface area contributed by atoms with E-state index in [0.29, 0.717) is 34.2 Å². The van der Waals surface area contributed by atoms with Gasteiger partial charge in [-0.05, 0) is 17.7 Å². The normalized spacial score (nSPS) is 15.4. The number of pyridine rings is 1. The maximum Gasteiger partial charge on any atom is 0.259 e. The number of fused-ring (bicyclic) bond motifs is 1. The Hall–Kier alpha value is -3.39. The number of thiazole rings is 1. The van der Waals surface area contributed by atoms with Crippen LogP contribution < -0.4 is 10.6 Å². The number of Topliss-reactive ketones (excluding diaryl/α,β-unsaturated/α-hetero) is 1. The van der Waals surface area contributed by atoms with E-state index in [1.54, 1.807) is 18.3 Å². The number of nitrogens with one attached hydrogen (secondary N) is 2. The van der Waals surface area contributed by atoms with Gasteiger partial charge in [-0.25, -0.2) is 4.98 Å². The van der Waals surface area contributed by atoms with Crippen LogP contribution in [0.1, 0.15) is 37.7 Å². The summed E-state index contributed by atoms with van der Waals surface area (Å²) in [6, 6.07) is 12.9. The Morgan fingerprint density at radius 1 is 1.10 bits per heavy atom. The minimum Gasteiger partial charge on any atom is -0.352 e. The summed E-state index contributed by atoms with van der Waals surface area (Å²) in [5.74, 6) is -1.08. The lowest BCUT2D eigenvalue weighted by molar-refractivity contribution is -0.125. The second-order valence-corrected chi connectivity index (χ2v) is 7.72. The van der Waals surface area contributed by atoms with Crippen molar-refractivity contribution in [1.82, 2.24) is 15.3 Å². The largest absolute Gasteiger partial charge is 0.352 e. The molecule has 4 rings (SSSR count). The third-order valence-electron chi connectivity index (χ3n) is 4.65. The minimum atomic E-state index is -0.456. The zero-order chi connectivity index (χ0) is 20.2. The lowest BCUT2D eigenvalue weighted by Crippen LogP contribution is -2.35. The molecule has 1 aliphatic carbocycles. The minimum absolute atomic E-state index is 0.120. The van der Waals surface area contributed by atoms with E-state index in [1.807, 2.05) is 30.3 Å². The molecular formula is C21H18N4O3S. The number of nitrogens with zero attached hydrogens (tertiary/aromatic N) is 2. The Labute approximate surface area is 171 Å². The van der Waals surface area contributed by atoms with Gasteiger partial charge in [0.1, 0.15) is 0 Å². The summed E-state index contributed by atoms with van der Waals surface area (Å²) in [5.41, 5.74) is 1.97. The van der Waals surface area contributed by atoms with E-state index in [9.17, 15) is 14.4 Å². The molecule has 1 atom stereocenters. The standard InChI is InChI=1S/C21H18N4O3S/c26-17-10-15(19(27)23-11-13-5-2-1-3-6-13)9-16-18(17)29-21(24-16)25-20(28)14-7-4-8-22-12-14/h1-8,12,15H,9-11H2,(H,23,27)(H,24,25,28)/t15-/m0/s1. The number of ketones is 1. The molecule has 2 aromatic heterocycles. The molecule has 0 radical (unpaired) electrons. The van der Waals surface area contributed by atoms with Crippen molar-refractivity contribution in [3.8, 4) is 0 Å². The molecule has 8 heteroatoms. The second kappa shape index (κ2) is 8.32. The summed E-state index contributed by atoms with van der Waals surface area (Å²) in [6.07, 6.45) is 3.56. The highest BCUT2D eigenvalue weighted by atomic mass is 32.1. The molecule has 0 bridgehead atoms. The Kier molecular flexibility index (Phi) is 5.44. The third-order valence-corrected chi connectivity index (χ3v) is 5.70. The van der Waals surface area contributed by atoms with Crippen LogP contribution in [-0.4, -0.2) is 27.6 Å². The van der Waals surface area contributed by atoms with E-state index in [1.165, 1.54) is 6.20 Å². The van der Waals surface area contributed by atoms with E-state index in [2.05, 4.69) is 20.6 Å². The first-order chi connectivity index (χ1) is 14.1. The predicted molar refractivity (Wildman–Crippen MR) is 109 cm³/mol. The van der Waals surface area contributed by atoms with Crippen LogP contribution in [0.3, 0.4) is 0 Å². The predicted octanol–water partition coefficient (Wildman–Crippen LogP) is 2.85. The van der Waals surface area contributed by atoms with E-state index in [4.69, 9.17) is 0 Å². The summed E-state index contributed by atoms with van der Waals surface area (Å²) in [4.78, 5) is 46.1. The summed E-state index contributed by atoms with van der Waals surface area (Å²) in [5, 5.41) is 5.94. The van der Waals surface area contributed by atoms with E-state index >= 15 is 0 Å². The second-order valence-electron chi connectivity index (χ2n) is 6.72. The third kappa shape index (κ3) is 4.38. The SMILES string of the molecule is O=C(Nc1nc2c(s1)C(=O)C[C@@H](C(=O)NCc1ccccc1)C2)c1cccnc1. The summed E-state index contributed by atoms with van der Waals surface area (Å²) < 4.78 is 0. The number of anilines is 1. The maximum absolute atomic E-state index is 12.5. The Balaban J connectivity index is 1.41. The van der Waals surface area contributed by atoms with Gasteiger partial charge in [0.25, 0.3) is 5.91 Å². The van der Waals surface area contributed by atoms with Crippen molar-refractivity contribution in [2.45, 2.75) is 19.4 Å². The van der Waals surface area contributed by atoms with Crippen molar-refractivity contribution >= 4 is 34.1 Å². The fourth-order valence-corrected chi connectivity index (χ4v) is 4.10. The Morgan fingerprint density at radius 3 is 2.69 bits per heavy atom. The Bertz CT molecular complexity index is 1050. The van der Waals surface area contributed by atoms with E-state index < -0.39 is 5.92 Å². The van der Waals surface area contributed by atoms with Crippen LogP contribution in [0, 0.1) is 5.92 Å². The molecule has 2 amide bonds. The van der Waals surface area contributed by atoms with Gasteiger partial charge in [-0.3, -0.25) is 24.7 Å². The van der Waals surface area contributed by atoms with Crippen molar-refractivity contribution < 1.29 is 14.4 Å². The number of amides is 2. The molecule has 3 aromatic rings. The van der Waals surface area contributed by atoms with Crippen LogP contribution in [0.15, 0.2) is 54.9 Å². The van der Waals surface area contributed by atoms with Crippen LogP contribution in [0.2, 0.25) is 0 Å². The molecule has 0 unspecified atom stereocenters. The molecule has 146 valence electrons. The topological polar surface area (TPSA) is 101 Å². The van der Waals surface area contributed by atoms with Crippen molar-refractivity contribution in [3.63, 3.8) is 0 Å². The molecule has 29 heavy (non-hydrogen) atoms. The van der Waals surface area contributed by atoms with Crippen molar-refractivity contribution in [3.05, 3.63) is 76.6 Å². The first-order valence-corrected chi connectivity index (χ1v) is 9.97. The lowest BCUT2D eigenvalue weighted by Gasteiger charge is -2.19. The van der Waals surface area contributed by atoms with E-state index in [0.717, 1.165) is 16.9 Å². The van der Waals surface area contributed by atoms with Gasteiger partial charge in [0.2, 0.25) is 5.91 Å². The molecular weight excluding hydrogens is 388 g/mol. The molecule has 0 fully saturated rings. The first kappa shape index (κ1) is 18.9. The fourth-order valence-electron chi connectivity index (χ4n) is 3.16. The number of carbonyl (C=O) groups excluding carboxylic acids is 3. The number of rotatable bonds is 5. The summed E-state index contributed by atoms with van der Waals surface area (Å²) in [6.45, 7) is 0.417. The highest BCUT2D eigenvalue weighted by molar-refractivity contribution is 7.17. The zero-order valence-electron chi connectivity index (χ0n) is 15.4. The lowest BCUT2D eigenvalue weighted by atomic mass is 9.89. The number of benzene rings is 1. The van der Waals surface area contributed by atoms with Gasteiger partial charge in [0.05, 0.1) is 22.1 Å². The monoisotopic (exact) mass is 406 g/mol. The first-order valence-electron chi connectivity index (χ1n) is 9.16. The van der Waals surface area contributed by atoms with Gasteiger partial charge in [0, 0.05) is 31.8 Å². The average Bonchev–Trinajstić information content (AvgIpc) is 3.16. The van der Waals surface area contributed by atoms with E-state index in [-0.39, 0.29) is 24.0 Å². The highest BCUT2D eigenvalue weighted by Gasteiger charge is 2.33. The quantitative estimate of drug-likeness (QED) is 0.679. The summed E-state index contributed by atoms with van der Waals surface area (Å²) >= 11 is 1.15. The van der Waals surface area contributed by atoms with Crippen LogP contribution in [-0.2, 0) is 17.8 Å². The van der Waals surface area contributed by atoms with Crippen LogP contribution >= 0.6 is 11.3 Å². The van der Waals surface area contributed by atoms with Gasteiger partial charge in [-0.2, -0.15) is 0 Å². The van der Waals surface area contributed by atoms with Gasteiger partial charge < -0.3 is 5.32 Å². The van der Waals surface area contributed by atoms with Gasteiger partial charge >= 0.3 is 0 Å². The Morgan fingerprint density at radius 2 is 1.93 bits per heavy atom. The molecule has 0 aliphatic heterocycles. The fraction of sp³-hybridized carbons (Fsp3) is 0.190. The molecule has 0 saturated carbocycles. The summed E-state index contributed by atoms with van der Waals surface area (Å²) in [7, 11) is 0. The maximum atomic E-state index is 12.5. The molecule has 0 spiro atoms. The molecule has 2 N–H and O–H groups in total. The molecule has 0 saturated heterocycles. The number of carbonyl (C=O) groups is 3. The van der Waals surface area contributed by atoms with Crippen molar-refractivity contribution in [2.24, 2.45) is 5.92 Å². The number of hydrogen-bond donors (Lipinski definition) is 2. The van der Waals surface area contributed by atoms with Gasteiger partial charge in [-0.15, -0.1) is 0 Å². The zero-order valence-corrected chi connectivity index (χ0v) is 16.2. The highest BCUT2D eigenvalue weighted by Crippen LogP contribution is 2.32. The molecule has 7 nitrogen and oxygen atoms in total. The average molecular weight is 406 g/mol. The van der Waals surface area contributed by atoms with Crippen LogP contribution in [0.25, 0.3) is 0 Å².